The first kappa shape index (κ1) is 5.47. The Labute approximate surface area is 58.5 Å². The highest BCUT2D eigenvalue weighted by Crippen LogP contribution is 2.30. The number of allylic oxidation sites excluding steroid dienone is 3. The summed E-state index contributed by atoms with van der Waals surface area (Å²) in [7, 11) is 0. The molecule has 0 saturated heterocycles. The smallest absolute Gasteiger partial charge is 0.339 e. The van der Waals surface area contributed by atoms with Gasteiger partial charge in [-0.1, -0.05) is 12.2 Å². The first-order chi connectivity index (χ1) is 4.79. The maximum absolute atomic E-state index is 10.8. The molecule has 2 heteroatoms. The molecule has 2 rings (SSSR count). The normalized spacial score (nSPS) is 21.3. The van der Waals surface area contributed by atoms with Crippen LogP contribution in [0.25, 0.3) is 0 Å². The van der Waals surface area contributed by atoms with Gasteiger partial charge in [-0.25, -0.2) is 4.79 Å². The molecule has 50 valence electrons. The van der Waals surface area contributed by atoms with E-state index >= 15 is 0 Å². The summed E-state index contributed by atoms with van der Waals surface area (Å²) in [4.78, 5) is 10.8. The van der Waals surface area contributed by atoms with Crippen LogP contribution in [0.2, 0.25) is 0 Å². The molecule has 0 aromatic heterocycles. The van der Waals surface area contributed by atoms with Crippen LogP contribution >= 0.6 is 0 Å². The highest BCUT2D eigenvalue weighted by molar-refractivity contribution is 5.95. The van der Waals surface area contributed by atoms with E-state index in [2.05, 4.69) is 0 Å². The molecule has 2 aliphatic rings. The van der Waals surface area contributed by atoms with Crippen molar-refractivity contribution in [3.63, 3.8) is 0 Å². The van der Waals surface area contributed by atoms with Crippen molar-refractivity contribution >= 4 is 5.97 Å². The molecule has 1 aliphatic heterocycles. The van der Waals surface area contributed by atoms with Gasteiger partial charge in [0.15, 0.2) is 0 Å². The fourth-order valence-electron chi connectivity index (χ4n) is 1.09. The summed E-state index contributed by atoms with van der Waals surface area (Å²) in [5.74, 6) is 0.480. The molecule has 0 unspecified atom stereocenters. The number of hydrogen-bond acceptors (Lipinski definition) is 2. The van der Waals surface area contributed by atoms with Crippen molar-refractivity contribution in [2.75, 3.05) is 0 Å². The van der Waals surface area contributed by atoms with Crippen molar-refractivity contribution in [3.8, 4) is 0 Å². The quantitative estimate of drug-likeness (QED) is 0.467. The highest BCUT2D eigenvalue weighted by atomic mass is 16.5. The Morgan fingerprint density at radius 2 is 2.30 bits per heavy atom. The van der Waals surface area contributed by atoms with Crippen LogP contribution in [0.15, 0.2) is 35.1 Å². The first-order valence-electron chi connectivity index (χ1n) is 3.11. The molecule has 0 fully saturated rings. The molecule has 2 nitrogen and oxygen atoms in total. The number of fused-ring (bicyclic) bond motifs is 1. The zero-order chi connectivity index (χ0) is 7.14. The van der Waals surface area contributed by atoms with Crippen LogP contribution in [0, 0.1) is 0 Å². The largest absolute Gasteiger partial charge is 0.423 e. The molecule has 0 aromatic carbocycles. The third kappa shape index (κ3) is 0.506. The monoisotopic (exact) mass is 134 g/mol. The maximum Gasteiger partial charge on any atom is 0.339 e. The van der Waals surface area contributed by atoms with Crippen LogP contribution in [0.1, 0.15) is 6.92 Å². The molecule has 0 spiro atoms. The van der Waals surface area contributed by atoms with E-state index in [0.29, 0.717) is 11.3 Å². The molecule has 0 aromatic rings. The average molecular weight is 134 g/mol. The van der Waals surface area contributed by atoms with E-state index in [1.54, 1.807) is 13.0 Å². The predicted molar refractivity (Wildman–Crippen MR) is 36.0 cm³/mol. The van der Waals surface area contributed by atoms with E-state index < -0.39 is 0 Å². The van der Waals surface area contributed by atoms with E-state index in [1.165, 1.54) is 0 Å². The number of ether oxygens (including phenoxy) is 1. The van der Waals surface area contributed by atoms with Crippen molar-refractivity contribution < 1.29 is 9.53 Å². The minimum absolute atomic E-state index is 0.217. The minimum atomic E-state index is -0.217. The molecule has 0 bridgehead atoms. The van der Waals surface area contributed by atoms with Crippen molar-refractivity contribution in [1.29, 1.82) is 0 Å². The summed E-state index contributed by atoms with van der Waals surface area (Å²) in [5.41, 5.74) is 1.64. The zero-order valence-electron chi connectivity index (χ0n) is 5.55. The lowest BCUT2D eigenvalue weighted by Crippen LogP contribution is -1.94. The van der Waals surface area contributed by atoms with Crippen LogP contribution in [0.3, 0.4) is 0 Å². The Kier molecular flexibility index (Phi) is 0.873. The lowest BCUT2D eigenvalue weighted by Gasteiger charge is -1.90. The van der Waals surface area contributed by atoms with Crippen LogP contribution in [0.5, 0.6) is 0 Å². The number of carbonyl (C=O) groups excluding carboxylic acids is 1. The summed E-state index contributed by atoms with van der Waals surface area (Å²) in [5, 5.41) is 0. The van der Waals surface area contributed by atoms with Gasteiger partial charge < -0.3 is 4.74 Å². The average Bonchev–Trinajstić information content (AvgIpc) is 2.41. The second kappa shape index (κ2) is 1.59. The molecule has 1 aliphatic carbocycles. The van der Waals surface area contributed by atoms with Crippen LogP contribution in [0.4, 0.5) is 0 Å². The minimum Gasteiger partial charge on any atom is -0.423 e. The summed E-state index contributed by atoms with van der Waals surface area (Å²) < 4.78 is 4.88. The molecule has 10 heavy (non-hydrogen) atoms. The van der Waals surface area contributed by atoms with Crippen LogP contribution in [-0.4, -0.2) is 5.97 Å². The standard InChI is InChI=1S/C8H6O2/c1-5-6-3-2-4-7(6)10-8(5)9/h2-4H,1H3. The van der Waals surface area contributed by atoms with E-state index in [4.69, 9.17) is 4.74 Å². The molecule has 0 amide bonds. The fourth-order valence-corrected chi connectivity index (χ4v) is 1.09. The van der Waals surface area contributed by atoms with Gasteiger partial charge in [-0.15, -0.1) is 0 Å². The van der Waals surface area contributed by atoms with Gasteiger partial charge in [0.2, 0.25) is 0 Å². The van der Waals surface area contributed by atoms with Crippen LogP contribution < -0.4 is 0 Å². The predicted octanol–water partition coefficient (Wildman–Crippen LogP) is 1.31. The Morgan fingerprint density at radius 1 is 1.50 bits per heavy atom. The summed E-state index contributed by atoms with van der Waals surface area (Å²) in [6, 6.07) is 0. The molecule has 0 saturated carbocycles. The van der Waals surface area contributed by atoms with Gasteiger partial charge >= 0.3 is 5.97 Å². The number of carbonyl (C=O) groups is 1. The zero-order valence-corrected chi connectivity index (χ0v) is 5.55. The van der Waals surface area contributed by atoms with Crippen molar-refractivity contribution in [1.82, 2.24) is 0 Å². The van der Waals surface area contributed by atoms with Crippen molar-refractivity contribution in [2.24, 2.45) is 0 Å². The highest BCUT2D eigenvalue weighted by Gasteiger charge is 2.25. The summed E-state index contributed by atoms with van der Waals surface area (Å²) in [6.07, 6.45) is 5.56. The third-order valence-corrected chi connectivity index (χ3v) is 1.69. The van der Waals surface area contributed by atoms with E-state index in [0.717, 1.165) is 5.57 Å². The Hall–Kier alpha value is -1.31. The third-order valence-electron chi connectivity index (χ3n) is 1.69. The van der Waals surface area contributed by atoms with E-state index in [-0.39, 0.29) is 5.97 Å². The van der Waals surface area contributed by atoms with Crippen molar-refractivity contribution in [2.45, 2.75) is 6.92 Å². The summed E-state index contributed by atoms with van der Waals surface area (Å²) in [6.45, 7) is 1.77. The second-order valence-electron chi connectivity index (χ2n) is 2.32. The van der Waals surface area contributed by atoms with Gasteiger partial charge in [-0.3, -0.25) is 0 Å². The summed E-state index contributed by atoms with van der Waals surface area (Å²) >= 11 is 0. The van der Waals surface area contributed by atoms with E-state index in [1.807, 2.05) is 12.2 Å². The fraction of sp³-hybridized carbons (Fsp3) is 0.125. The SMILES string of the molecule is CC1=C2C=CC=C2OC1=O. The van der Waals surface area contributed by atoms with Crippen molar-refractivity contribution in [3.05, 3.63) is 35.1 Å². The maximum atomic E-state index is 10.8. The van der Waals surface area contributed by atoms with Gasteiger partial charge in [0, 0.05) is 11.1 Å². The Bertz CT molecular complexity index is 292. The Morgan fingerprint density at radius 3 is 3.00 bits per heavy atom. The lowest BCUT2D eigenvalue weighted by atomic mass is 10.2. The molecular formula is C8H6O2. The van der Waals surface area contributed by atoms with Gasteiger partial charge in [-0.05, 0) is 13.0 Å². The lowest BCUT2D eigenvalue weighted by molar-refractivity contribution is -0.133. The van der Waals surface area contributed by atoms with Gasteiger partial charge in [-0.2, -0.15) is 0 Å². The molecule has 0 N–H and O–H groups in total. The van der Waals surface area contributed by atoms with Gasteiger partial charge in [0.1, 0.15) is 5.76 Å². The van der Waals surface area contributed by atoms with Crippen LogP contribution in [-0.2, 0) is 9.53 Å². The van der Waals surface area contributed by atoms with Gasteiger partial charge in [0.05, 0.1) is 0 Å². The topological polar surface area (TPSA) is 26.3 Å². The number of rotatable bonds is 0. The molecular weight excluding hydrogens is 128 g/mol. The van der Waals surface area contributed by atoms with Gasteiger partial charge in [0.25, 0.3) is 0 Å². The molecule has 1 heterocycles. The number of esters is 1. The second-order valence-corrected chi connectivity index (χ2v) is 2.32. The number of hydrogen-bond donors (Lipinski definition) is 0. The Balaban J connectivity index is 2.59. The van der Waals surface area contributed by atoms with E-state index in [9.17, 15) is 4.79 Å². The molecule has 0 radical (unpaired) electrons. The molecule has 0 atom stereocenters. The first-order valence-corrected chi connectivity index (χ1v) is 3.11.